The van der Waals surface area contributed by atoms with E-state index in [0.717, 1.165) is 23.7 Å². The molecule has 20 heavy (non-hydrogen) atoms. The van der Waals surface area contributed by atoms with Gasteiger partial charge in [-0.1, -0.05) is 0 Å². The summed E-state index contributed by atoms with van der Waals surface area (Å²) in [6.45, 7) is 10.3. The summed E-state index contributed by atoms with van der Waals surface area (Å²) in [6.07, 6.45) is 0. The largest absolute Gasteiger partial charge is 0.394 e. The van der Waals surface area contributed by atoms with E-state index in [1.54, 1.807) is 14.2 Å². The number of nitrogens with zero attached hydrogens (tertiary/aromatic N) is 3. The van der Waals surface area contributed by atoms with Crippen LogP contribution in [0.4, 0.5) is 11.5 Å². The fourth-order valence-electron chi connectivity index (χ4n) is 2.25. The fraction of sp³-hybridized carbons (Fsp3) is 0.786. The number of hydrogen-bond donors (Lipinski definition) is 1. The van der Waals surface area contributed by atoms with Gasteiger partial charge in [-0.05, 0) is 27.7 Å². The van der Waals surface area contributed by atoms with Crippen LogP contribution in [-0.2, 0) is 9.47 Å². The maximum absolute atomic E-state index is 6.24. The molecule has 6 nitrogen and oxygen atoms in total. The number of ether oxygens (including phenoxy) is 2. The molecule has 2 N–H and O–H groups in total. The van der Waals surface area contributed by atoms with E-state index >= 15 is 0 Å². The molecule has 1 rings (SSSR count). The molecule has 1 aromatic heterocycles. The van der Waals surface area contributed by atoms with Crippen LogP contribution in [0.3, 0.4) is 0 Å². The third-order valence-electron chi connectivity index (χ3n) is 3.34. The molecule has 1 unspecified atom stereocenters. The van der Waals surface area contributed by atoms with Gasteiger partial charge in [-0.3, -0.25) is 0 Å². The first-order valence-corrected chi connectivity index (χ1v) is 7.03. The summed E-state index contributed by atoms with van der Waals surface area (Å²) in [7, 11) is 3.41. The van der Waals surface area contributed by atoms with Crippen molar-refractivity contribution in [1.29, 1.82) is 0 Å². The summed E-state index contributed by atoms with van der Waals surface area (Å²) in [6, 6.07) is 0.451. The summed E-state index contributed by atoms with van der Waals surface area (Å²) < 4.78 is 12.5. The predicted molar refractivity (Wildman–Crippen MR) is 82.3 cm³/mol. The van der Waals surface area contributed by atoms with Crippen LogP contribution in [-0.4, -0.2) is 49.8 Å². The van der Waals surface area contributed by atoms with Crippen molar-refractivity contribution < 1.29 is 9.47 Å². The Bertz CT molecular complexity index is 418. The van der Waals surface area contributed by atoms with Crippen molar-refractivity contribution in [2.45, 2.75) is 39.8 Å². The van der Waals surface area contributed by atoms with Crippen molar-refractivity contribution in [3.05, 3.63) is 5.69 Å². The molecule has 0 spiro atoms. The van der Waals surface area contributed by atoms with Crippen LogP contribution in [0.5, 0.6) is 0 Å². The Morgan fingerprint density at radius 3 is 2.40 bits per heavy atom. The molecule has 0 saturated carbocycles. The minimum absolute atomic E-state index is 0.200. The number of rotatable bonds is 8. The lowest BCUT2D eigenvalue weighted by atomic mass is 10.2. The number of anilines is 2. The molecule has 0 aromatic carbocycles. The van der Waals surface area contributed by atoms with Crippen LogP contribution in [0.2, 0.25) is 0 Å². The molecule has 0 fully saturated rings. The third-order valence-corrected chi connectivity index (χ3v) is 3.34. The Morgan fingerprint density at radius 1 is 1.25 bits per heavy atom. The van der Waals surface area contributed by atoms with Crippen LogP contribution < -0.4 is 10.6 Å². The van der Waals surface area contributed by atoms with Gasteiger partial charge < -0.3 is 20.1 Å². The van der Waals surface area contributed by atoms with Gasteiger partial charge in [0.15, 0.2) is 5.82 Å². The molecule has 1 aromatic rings. The average molecular weight is 284 g/mol. The summed E-state index contributed by atoms with van der Waals surface area (Å²) in [5.41, 5.74) is 7.84. The van der Waals surface area contributed by atoms with Gasteiger partial charge in [0.25, 0.3) is 0 Å². The molecule has 0 aliphatic carbocycles. The van der Waals surface area contributed by atoms with E-state index in [-0.39, 0.29) is 12.1 Å². The zero-order valence-electron chi connectivity index (χ0n) is 13.5. The van der Waals surface area contributed by atoms with Gasteiger partial charge in [-0.2, -0.15) is 5.10 Å². The molecule has 6 heteroatoms. The average Bonchev–Trinajstić information content (AvgIpc) is 2.68. The Morgan fingerprint density at radius 2 is 1.90 bits per heavy atom. The SMILES string of the molecule is COCCN(c1c(N)c(C)nn1C(C)C)C(C)COC. The number of hydrogen-bond acceptors (Lipinski definition) is 5. The summed E-state index contributed by atoms with van der Waals surface area (Å²) in [5.74, 6) is 0.958. The maximum Gasteiger partial charge on any atom is 0.151 e. The lowest BCUT2D eigenvalue weighted by Crippen LogP contribution is -2.40. The predicted octanol–water partition coefficient (Wildman–Crippen LogP) is 1.84. The molecular formula is C14H28N4O2. The third kappa shape index (κ3) is 3.64. The van der Waals surface area contributed by atoms with Crippen molar-refractivity contribution in [3.63, 3.8) is 0 Å². The highest BCUT2D eigenvalue weighted by molar-refractivity contribution is 5.66. The van der Waals surface area contributed by atoms with Gasteiger partial charge in [0.2, 0.25) is 0 Å². The van der Waals surface area contributed by atoms with Gasteiger partial charge in [0.05, 0.1) is 30.6 Å². The van der Waals surface area contributed by atoms with E-state index < -0.39 is 0 Å². The molecule has 1 heterocycles. The van der Waals surface area contributed by atoms with Crippen LogP contribution in [0, 0.1) is 6.92 Å². The van der Waals surface area contributed by atoms with E-state index in [4.69, 9.17) is 15.2 Å². The summed E-state index contributed by atoms with van der Waals surface area (Å²) >= 11 is 0. The number of methoxy groups -OCH3 is 2. The molecule has 0 amide bonds. The molecule has 0 aliphatic rings. The van der Waals surface area contributed by atoms with E-state index in [0.29, 0.717) is 13.2 Å². The molecule has 0 aliphatic heterocycles. The zero-order valence-corrected chi connectivity index (χ0v) is 13.5. The van der Waals surface area contributed by atoms with Gasteiger partial charge in [0.1, 0.15) is 0 Å². The lowest BCUT2D eigenvalue weighted by molar-refractivity contribution is 0.170. The van der Waals surface area contributed by atoms with Crippen molar-refractivity contribution in [2.75, 3.05) is 44.6 Å². The number of nitrogens with two attached hydrogens (primary N) is 1. The monoisotopic (exact) mass is 284 g/mol. The number of aromatic nitrogens is 2. The smallest absolute Gasteiger partial charge is 0.151 e. The van der Waals surface area contributed by atoms with Crippen molar-refractivity contribution >= 4 is 11.5 Å². The molecule has 0 radical (unpaired) electrons. The van der Waals surface area contributed by atoms with E-state index in [2.05, 4.69) is 30.8 Å². The fourth-order valence-corrected chi connectivity index (χ4v) is 2.25. The van der Waals surface area contributed by atoms with Gasteiger partial charge in [-0.15, -0.1) is 0 Å². The zero-order chi connectivity index (χ0) is 15.3. The maximum atomic E-state index is 6.24. The minimum atomic E-state index is 0.200. The highest BCUT2D eigenvalue weighted by Gasteiger charge is 2.24. The second-order valence-electron chi connectivity index (χ2n) is 5.35. The highest BCUT2D eigenvalue weighted by Crippen LogP contribution is 2.30. The normalized spacial score (nSPS) is 12.9. The van der Waals surface area contributed by atoms with Crippen molar-refractivity contribution in [2.24, 2.45) is 0 Å². The van der Waals surface area contributed by atoms with Gasteiger partial charge in [0, 0.05) is 26.8 Å². The molecule has 116 valence electrons. The topological polar surface area (TPSA) is 65.5 Å². The van der Waals surface area contributed by atoms with Crippen molar-refractivity contribution in [3.8, 4) is 0 Å². The van der Waals surface area contributed by atoms with Crippen LogP contribution in [0.1, 0.15) is 32.5 Å². The Labute approximate surface area is 121 Å². The van der Waals surface area contributed by atoms with Crippen molar-refractivity contribution in [1.82, 2.24) is 9.78 Å². The first-order chi connectivity index (χ1) is 9.43. The first-order valence-electron chi connectivity index (χ1n) is 7.03. The summed E-state index contributed by atoms with van der Waals surface area (Å²) in [5, 5.41) is 4.55. The first kappa shape index (κ1) is 16.8. The standard InChI is InChI=1S/C14H28N4O2/c1-10(2)18-14(13(15)12(4)16-18)17(7-8-19-5)11(3)9-20-6/h10-11H,7-9,15H2,1-6H3. The number of aryl methyl sites for hydroxylation is 1. The Kier molecular flexibility index (Phi) is 6.29. The molecule has 0 bridgehead atoms. The van der Waals surface area contributed by atoms with Crippen LogP contribution >= 0.6 is 0 Å². The minimum Gasteiger partial charge on any atom is -0.394 e. The van der Waals surface area contributed by atoms with Gasteiger partial charge >= 0.3 is 0 Å². The van der Waals surface area contributed by atoms with Crippen LogP contribution in [0.25, 0.3) is 0 Å². The molecule has 1 atom stereocenters. The lowest BCUT2D eigenvalue weighted by Gasteiger charge is -2.32. The quantitative estimate of drug-likeness (QED) is 0.789. The Hall–Kier alpha value is -1.27. The number of nitrogen functional groups attached to an aromatic ring is 1. The second-order valence-corrected chi connectivity index (χ2v) is 5.35. The molecular weight excluding hydrogens is 256 g/mol. The molecule has 0 saturated heterocycles. The highest BCUT2D eigenvalue weighted by atomic mass is 16.5. The second kappa shape index (κ2) is 7.50. The van der Waals surface area contributed by atoms with Gasteiger partial charge in [-0.25, -0.2) is 4.68 Å². The van der Waals surface area contributed by atoms with E-state index in [1.807, 2.05) is 11.6 Å². The summed E-state index contributed by atoms with van der Waals surface area (Å²) in [4.78, 5) is 2.21. The van der Waals surface area contributed by atoms with E-state index in [1.165, 1.54) is 0 Å². The van der Waals surface area contributed by atoms with Crippen LogP contribution in [0.15, 0.2) is 0 Å². The Balaban J connectivity index is 3.17. The van der Waals surface area contributed by atoms with E-state index in [9.17, 15) is 0 Å².